The molecule has 1 aromatic rings. The molecule has 3 heteroatoms. The average Bonchev–Trinajstić information content (AvgIpc) is 1.80. The smallest absolute Gasteiger partial charge is 0.137 e. The van der Waals surface area contributed by atoms with Gasteiger partial charge in [0.15, 0.2) is 0 Å². The Kier molecular flexibility index (Phi) is 2.35. The lowest BCUT2D eigenvalue weighted by molar-refractivity contribution is 0.617. The first-order chi connectivity index (χ1) is 4.20. The Balaban J connectivity index is 3.17. The van der Waals surface area contributed by atoms with E-state index in [0.29, 0.717) is 8.47 Å². The highest BCUT2D eigenvalue weighted by atomic mass is 127. The maximum Gasteiger partial charge on any atom is 0.137 e. The van der Waals surface area contributed by atoms with Crippen LogP contribution in [0.1, 0.15) is 0 Å². The SMILES string of the molecule is Fc1cc(S)ccc1I. The lowest BCUT2D eigenvalue weighted by atomic mass is 10.3. The summed E-state index contributed by atoms with van der Waals surface area (Å²) in [4.78, 5) is 0.660. The van der Waals surface area contributed by atoms with Crippen LogP contribution in [0.2, 0.25) is 0 Å². The molecule has 1 rings (SSSR count). The molecule has 0 heterocycles. The van der Waals surface area contributed by atoms with Crippen molar-refractivity contribution in [2.24, 2.45) is 0 Å². The molecule has 0 aliphatic heterocycles. The predicted octanol–water partition coefficient (Wildman–Crippen LogP) is 2.72. The molecule has 48 valence electrons. The van der Waals surface area contributed by atoms with E-state index in [1.165, 1.54) is 6.07 Å². The molecule has 0 spiro atoms. The van der Waals surface area contributed by atoms with Crippen LogP contribution in [-0.2, 0) is 0 Å². The molecule has 0 fully saturated rings. The Labute approximate surface area is 72.0 Å². The van der Waals surface area contributed by atoms with Crippen LogP contribution in [-0.4, -0.2) is 0 Å². The Bertz CT molecular complexity index is 224. The molecule has 0 unspecified atom stereocenters. The van der Waals surface area contributed by atoms with E-state index >= 15 is 0 Å². The molecule has 0 aromatic heterocycles. The quantitative estimate of drug-likeness (QED) is 0.534. The summed E-state index contributed by atoms with van der Waals surface area (Å²) in [6.45, 7) is 0. The van der Waals surface area contributed by atoms with Crippen molar-refractivity contribution in [3.63, 3.8) is 0 Å². The average molecular weight is 254 g/mol. The lowest BCUT2D eigenvalue weighted by Gasteiger charge is -1.92. The minimum absolute atomic E-state index is 0.205. The second-order valence-electron chi connectivity index (χ2n) is 1.60. The summed E-state index contributed by atoms with van der Waals surface area (Å²) < 4.78 is 13.2. The molecule has 0 saturated carbocycles. The van der Waals surface area contributed by atoms with Gasteiger partial charge in [0.2, 0.25) is 0 Å². The van der Waals surface area contributed by atoms with E-state index in [4.69, 9.17) is 0 Å². The molecule has 9 heavy (non-hydrogen) atoms. The van der Waals surface area contributed by atoms with Crippen LogP contribution in [0, 0.1) is 9.39 Å². The number of benzene rings is 1. The molecule has 0 N–H and O–H groups in total. The Morgan fingerprint density at radius 3 is 2.56 bits per heavy atom. The van der Waals surface area contributed by atoms with Crippen LogP contribution >= 0.6 is 35.2 Å². The van der Waals surface area contributed by atoms with Crippen LogP contribution in [0.5, 0.6) is 0 Å². The van der Waals surface area contributed by atoms with Crippen molar-refractivity contribution in [1.82, 2.24) is 0 Å². The molecule has 0 radical (unpaired) electrons. The van der Waals surface area contributed by atoms with Gasteiger partial charge in [0, 0.05) is 8.47 Å². The zero-order valence-electron chi connectivity index (χ0n) is 4.44. The summed E-state index contributed by atoms with van der Waals surface area (Å²) in [6, 6.07) is 4.84. The van der Waals surface area contributed by atoms with Crippen LogP contribution in [0.4, 0.5) is 4.39 Å². The zero-order chi connectivity index (χ0) is 6.85. The number of hydrogen-bond donors (Lipinski definition) is 1. The molecule has 0 aliphatic rings. The van der Waals surface area contributed by atoms with Crippen molar-refractivity contribution in [3.8, 4) is 0 Å². The lowest BCUT2D eigenvalue weighted by Crippen LogP contribution is -1.78. The number of rotatable bonds is 0. The maximum atomic E-state index is 12.5. The normalized spacial score (nSPS) is 9.67. The van der Waals surface area contributed by atoms with Gasteiger partial charge in [0.05, 0.1) is 0 Å². The van der Waals surface area contributed by atoms with Gasteiger partial charge in [-0.15, -0.1) is 12.6 Å². The molecular formula is C6H4FIS. The van der Waals surface area contributed by atoms with Gasteiger partial charge in [-0.2, -0.15) is 0 Å². The highest BCUT2D eigenvalue weighted by Gasteiger charge is 1.95. The summed E-state index contributed by atoms with van der Waals surface area (Å²) in [5.74, 6) is -0.205. The van der Waals surface area contributed by atoms with Crippen LogP contribution in [0.25, 0.3) is 0 Å². The minimum Gasteiger partial charge on any atom is -0.206 e. The summed E-state index contributed by atoms with van der Waals surface area (Å²) in [5.41, 5.74) is 0. The van der Waals surface area contributed by atoms with Crippen molar-refractivity contribution in [2.45, 2.75) is 4.90 Å². The minimum atomic E-state index is -0.205. The number of halogens is 2. The fourth-order valence-electron chi connectivity index (χ4n) is 0.485. The maximum absolute atomic E-state index is 12.5. The van der Waals surface area contributed by atoms with E-state index in [0.717, 1.165) is 0 Å². The first-order valence-corrected chi connectivity index (χ1v) is 3.87. The second-order valence-corrected chi connectivity index (χ2v) is 3.28. The van der Waals surface area contributed by atoms with Crippen molar-refractivity contribution in [2.75, 3.05) is 0 Å². The van der Waals surface area contributed by atoms with Gasteiger partial charge in [-0.25, -0.2) is 4.39 Å². The summed E-state index contributed by atoms with van der Waals surface area (Å²) in [7, 11) is 0. The largest absolute Gasteiger partial charge is 0.206 e. The molecule has 0 amide bonds. The van der Waals surface area contributed by atoms with Crippen molar-refractivity contribution in [1.29, 1.82) is 0 Å². The Morgan fingerprint density at radius 1 is 1.44 bits per heavy atom. The molecular weight excluding hydrogens is 250 g/mol. The van der Waals surface area contributed by atoms with Gasteiger partial charge < -0.3 is 0 Å². The standard InChI is InChI=1S/C6H4FIS/c7-5-3-4(9)1-2-6(5)8/h1-3,9H. The van der Waals surface area contributed by atoms with Gasteiger partial charge in [0.1, 0.15) is 5.82 Å². The van der Waals surface area contributed by atoms with Crippen LogP contribution < -0.4 is 0 Å². The van der Waals surface area contributed by atoms with Crippen molar-refractivity contribution >= 4 is 35.2 Å². The fraction of sp³-hybridized carbons (Fsp3) is 0. The van der Waals surface area contributed by atoms with Crippen LogP contribution in [0.15, 0.2) is 23.1 Å². The van der Waals surface area contributed by atoms with Crippen molar-refractivity contribution < 1.29 is 4.39 Å². The van der Waals surface area contributed by atoms with Gasteiger partial charge in [-0.05, 0) is 40.8 Å². The van der Waals surface area contributed by atoms with E-state index in [-0.39, 0.29) is 5.82 Å². The predicted molar refractivity (Wildman–Crippen MR) is 46.4 cm³/mol. The summed E-state index contributed by atoms with van der Waals surface area (Å²) in [6.07, 6.45) is 0. The zero-order valence-corrected chi connectivity index (χ0v) is 7.49. The third kappa shape index (κ3) is 1.82. The van der Waals surface area contributed by atoms with Gasteiger partial charge in [-0.3, -0.25) is 0 Å². The van der Waals surface area contributed by atoms with Gasteiger partial charge >= 0.3 is 0 Å². The van der Waals surface area contributed by atoms with Gasteiger partial charge in [-0.1, -0.05) is 0 Å². The molecule has 0 nitrogen and oxygen atoms in total. The Morgan fingerprint density at radius 2 is 2.11 bits per heavy atom. The van der Waals surface area contributed by atoms with Crippen LogP contribution in [0.3, 0.4) is 0 Å². The highest BCUT2D eigenvalue weighted by molar-refractivity contribution is 14.1. The summed E-state index contributed by atoms with van der Waals surface area (Å²) in [5, 5.41) is 0. The van der Waals surface area contributed by atoms with Gasteiger partial charge in [0.25, 0.3) is 0 Å². The first kappa shape index (κ1) is 7.34. The third-order valence-corrected chi connectivity index (χ3v) is 2.06. The fourth-order valence-corrected chi connectivity index (χ4v) is 1.01. The first-order valence-electron chi connectivity index (χ1n) is 2.34. The van der Waals surface area contributed by atoms with E-state index in [2.05, 4.69) is 12.6 Å². The molecule has 0 saturated heterocycles. The van der Waals surface area contributed by atoms with E-state index in [1.54, 1.807) is 12.1 Å². The monoisotopic (exact) mass is 254 g/mol. The number of thiol groups is 1. The molecule has 0 atom stereocenters. The third-order valence-electron chi connectivity index (χ3n) is 0.903. The molecule has 0 bridgehead atoms. The number of hydrogen-bond acceptors (Lipinski definition) is 1. The Hall–Kier alpha value is 0.230. The highest BCUT2D eigenvalue weighted by Crippen LogP contribution is 2.14. The van der Waals surface area contributed by atoms with E-state index in [1.807, 2.05) is 22.6 Å². The summed E-state index contributed by atoms with van der Waals surface area (Å²) >= 11 is 5.89. The second kappa shape index (κ2) is 2.88. The van der Waals surface area contributed by atoms with E-state index in [9.17, 15) is 4.39 Å². The topological polar surface area (TPSA) is 0 Å². The molecule has 0 aliphatic carbocycles. The molecule has 1 aromatic carbocycles. The van der Waals surface area contributed by atoms with Crippen molar-refractivity contribution in [3.05, 3.63) is 27.6 Å². The van der Waals surface area contributed by atoms with E-state index < -0.39 is 0 Å².